The Morgan fingerprint density at radius 2 is 2.05 bits per heavy atom. The number of aliphatic hydroxyl groups is 1. The first-order valence-corrected chi connectivity index (χ1v) is 7.82. The van der Waals surface area contributed by atoms with Crippen molar-refractivity contribution in [3.63, 3.8) is 0 Å². The molecule has 0 spiro atoms. The van der Waals surface area contributed by atoms with Crippen LogP contribution in [0.2, 0.25) is 0 Å². The minimum absolute atomic E-state index is 0.150. The molecule has 1 aliphatic heterocycles. The molecule has 106 valence electrons. The normalized spacial score (nSPS) is 19.1. The van der Waals surface area contributed by atoms with Crippen LogP contribution < -0.4 is 5.73 Å². The van der Waals surface area contributed by atoms with E-state index in [4.69, 9.17) is 5.73 Å². The quantitative estimate of drug-likeness (QED) is 0.811. The number of sulfonamides is 1. The van der Waals surface area contributed by atoms with Gasteiger partial charge in [0.1, 0.15) is 4.90 Å². The lowest BCUT2D eigenvalue weighted by atomic mass is 9.92. The number of anilines is 1. The van der Waals surface area contributed by atoms with Crippen LogP contribution in [0.25, 0.3) is 0 Å². The Bertz CT molecular complexity index is 557. The maximum atomic E-state index is 12.5. The second-order valence-corrected chi connectivity index (χ2v) is 7.12. The Balaban J connectivity index is 2.27. The zero-order valence-electron chi connectivity index (χ0n) is 11.3. The van der Waals surface area contributed by atoms with Gasteiger partial charge in [-0.05, 0) is 25.0 Å². The molecule has 2 rings (SSSR count). The average Bonchev–Trinajstić information content (AvgIpc) is 2.25. The van der Waals surface area contributed by atoms with Gasteiger partial charge in [-0.1, -0.05) is 25.5 Å². The summed E-state index contributed by atoms with van der Waals surface area (Å²) in [4.78, 5) is 0.161. The van der Waals surface area contributed by atoms with E-state index in [9.17, 15) is 13.5 Å². The van der Waals surface area contributed by atoms with Crippen molar-refractivity contribution >= 4 is 15.7 Å². The van der Waals surface area contributed by atoms with Crippen LogP contribution in [-0.4, -0.2) is 36.5 Å². The molecule has 3 N–H and O–H groups in total. The van der Waals surface area contributed by atoms with Gasteiger partial charge in [0, 0.05) is 13.1 Å². The summed E-state index contributed by atoms with van der Waals surface area (Å²) in [5.74, 6) is 0. The maximum Gasteiger partial charge on any atom is 0.245 e. The summed E-state index contributed by atoms with van der Waals surface area (Å²) >= 11 is 0. The summed E-state index contributed by atoms with van der Waals surface area (Å²) in [6.45, 7) is 3.99. The van der Waals surface area contributed by atoms with Gasteiger partial charge in [-0.15, -0.1) is 0 Å². The third-order valence-corrected chi connectivity index (χ3v) is 5.51. The fourth-order valence-electron chi connectivity index (χ4n) is 2.56. The Morgan fingerprint density at radius 3 is 2.58 bits per heavy atom. The zero-order valence-corrected chi connectivity index (χ0v) is 12.1. The number of nitrogen functional groups attached to an aromatic ring is 1. The molecule has 0 bridgehead atoms. The first-order valence-electron chi connectivity index (χ1n) is 6.38. The van der Waals surface area contributed by atoms with Gasteiger partial charge in [-0.25, -0.2) is 8.42 Å². The highest BCUT2D eigenvalue weighted by Gasteiger charge is 2.47. The molecular formula is C13H20N2O3S. The summed E-state index contributed by atoms with van der Waals surface area (Å²) in [5, 5.41) is 10.1. The third-order valence-electron chi connectivity index (χ3n) is 3.50. The van der Waals surface area contributed by atoms with Crippen molar-refractivity contribution in [1.29, 1.82) is 0 Å². The minimum atomic E-state index is -3.60. The maximum absolute atomic E-state index is 12.5. The highest BCUT2D eigenvalue weighted by Crippen LogP contribution is 2.34. The van der Waals surface area contributed by atoms with Crippen LogP contribution in [0.15, 0.2) is 23.1 Å². The van der Waals surface area contributed by atoms with E-state index in [1.54, 1.807) is 25.1 Å². The molecule has 1 aromatic carbocycles. The lowest BCUT2D eigenvalue weighted by Crippen LogP contribution is -2.63. The van der Waals surface area contributed by atoms with E-state index in [0.29, 0.717) is 12.0 Å². The van der Waals surface area contributed by atoms with Crippen molar-refractivity contribution in [2.24, 2.45) is 0 Å². The number of aryl methyl sites for hydroxylation is 1. The van der Waals surface area contributed by atoms with E-state index in [-0.39, 0.29) is 23.7 Å². The fraction of sp³-hybridized carbons (Fsp3) is 0.538. The number of nitrogens with two attached hydrogens (primary N) is 1. The van der Waals surface area contributed by atoms with Gasteiger partial charge in [-0.3, -0.25) is 0 Å². The SMILES string of the molecule is CCCC1(O)CN(S(=O)(=O)c2c(C)cccc2N)C1. The van der Waals surface area contributed by atoms with Crippen molar-refractivity contribution in [2.75, 3.05) is 18.8 Å². The van der Waals surface area contributed by atoms with Crippen LogP contribution >= 0.6 is 0 Å². The van der Waals surface area contributed by atoms with E-state index in [1.807, 2.05) is 6.92 Å². The number of hydrogen-bond acceptors (Lipinski definition) is 4. The number of nitrogens with zero attached hydrogens (tertiary/aromatic N) is 1. The molecule has 1 fully saturated rings. The monoisotopic (exact) mass is 284 g/mol. The summed E-state index contributed by atoms with van der Waals surface area (Å²) in [6.07, 6.45) is 1.44. The van der Waals surface area contributed by atoms with Crippen molar-refractivity contribution in [3.8, 4) is 0 Å². The molecule has 19 heavy (non-hydrogen) atoms. The molecule has 1 saturated heterocycles. The number of hydrogen-bond donors (Lipinski definition) is 2. The third kappa shape index (κ3) is 2.48. The van der Waals surface area contributed by atoms with Gasteiger partial charge in [0.2, 0.25) is 10.0 Å². The average molecular weight is 284 g/mol. The van der Waals surface area contributed by atoms with E-state index in [2.05, 4.69) is 0 Å². The fourth-order valence-corrected chi connectivity index (χ4v) is 4.48. The molecule has 0 unspecified atom stereocenters. The smallest absolute Gasteiger partial charge is 0.245 e. The second-order valence-electron chi connectivity index (χ2n) is 5.24. The number of rotatable bonds is 4. The first kappa shape index (κ1) is 14.3. The highest BCUT2D eigenvalue weighted by molar-refractivity contribution is 7.89. The molecular weight excluding hydrogens is 264 g/mol. The molecule has 0 saturated carbocycles. The number of benzene rings is 1. The van der Waals surface area contributed by atoms with E-state index < -0.39 is 15.6 Å². The van der Waals surface area contributed by atoms with Gasteiger partial charge in [0.05, 0.1) is 11.3 Å². The Kier molecular flexibility index (Phi) is 3.59. The zero-order chi connectivity index (χ0) is 14.3. The van der Waals surface area contributed by atoms with Crippen LogP contribution in [0.3, 0.4) is 0 Å². The van der Waals surface area contributed by atoms with Crippen molar-refractivity contribution in [3.05, 3.63) is 23.8 Å². The van der Waals surface area contributed by atoms with E-state index in [1.165, 1.54) is 4.31 Å². The predicted octanol–water partition coefficient (Wildman–Crippen LogP) is 1.11. The van der Waals surface area contributed by atoms with Crippen molar-refractivity contribution in [1.82, 2.24) is 4.31 Å². The standard InChI is InChI=1S/C13H20N2O3S/c1-3-7-13(16)8-15(9-13)19(17,18)12-10(2)5-4-6-11(12)14/h4-6,16H,3,7-9,14H2,1-2H3. The molecule has 1 heterocycles. The van der Waals surface area contributed by atoms with E-state index in [0.717, 1.165) is 6.42 Å². The molecule has 0 atom stereocenters. The van der Waals surface area contributed by atoms with Crippen molar-refractivity contribution in [2.45, 2.75) is 37.2 Å². The molecule has 0 amide bonds. The van der Waals surface area contributed by atoms with Crippen molar-refractivity contribution < 1.29 is 13.5 Å². The lowest BCUT2D eigenvalue weighted by molar-refractivity contribution is -0.0653. The summed E-state index contributed by atoms with van der Waals surface area (Å²) < 4.78 is 26.3. The Morgan fingerprint density at radius 1 is 1.42 bits per heavy atom. The van der Waals surface area contributed by atoms with E-state index >= 15 is 0 Å². The predicted molar refractivity (Wildman–Crippen MR) is 74.2 cm³/mol. The lowest BCUT2D eigenvalue weighted by Gasteiger charge is -2.45. The molecule has 0 radical (unpaired) electrons. The first-order chi connectivity index (χ1) is 8.80. The Hall–Kier alpha value is -1.11. The molecule has 0 aliphatic carbocycles. The summed E-state index contributed by atoms with van der Waals surface area (Å²) in [7, 11) is -3.60. The Labute approximate surface area is 114 Å². The van der Waals surface area contributed by atoms with Crippen LogP contribution in [0.5, 0.6) is 0 Å². The summed E-state index contributed by atoms with van der Waals surface area (Å²) in [6, 6.07) is 5.03. The van der Waals surface area contributed by atoms with Gasteiger partial charge in [0.15, 0.2) is 0 Å². The van der Waals surface area contributed by atoms with Gasteiger partial charge < -0.3 is 10.8 Å². The van der Waals surface area contributed by atoms with Crippen LogP contribution in [0.1, 0.15) is 25.3 Å². The molecule has 5 nitrogen and oxygen atoms in total. The highest BCUT2D eigenvalue weighted by atomic mass is 32.2. The topological polar surface area (TPSA) is 83.6 Å². The van der Waals surface area contributed by atoms with Gasteiger partial charge >= 0.3 is 0 Å². The van der Waals surface area contributed by atoms with Gasteiger partial charge in [0.25, 0.3) is 0 Å². The van der Waals surface area contributed by atoms with Gasteiger partial charge in [-0.2, -0.15) is 4.31 Å². The summed E-state index contributed by atoms with van der Waals surface area (Å²) in [5.41, 5.74) is 5.79. The second kappa shape index (κ2) is 4.77. The molecule has 1 aliphatic rings. The number of β-amino-alcohol motifs (C(OH)–C–C–N with tert-alkyl or cyclic N) is 1. The largest absolute Gasteiger partial charge is 0.398 e. The molecule has 0 aromatic heterocycles. The molecule has 1 aromatic rings. The van der Waals surface area contributed by atoms with Crippen LogP contribution in [0, 0.1) is 6.92 Å². The van der Waals surface area contributed by atoms with Crippen LogP contribution in [0.4, 0.5) is 5.69 Å². The molecule has 6 heteroatoms. The van der Waals surface area contributed by atoms with Crippen LogP contribution in [-0.2, 0) is 10.0 Å². The minimum Gasteiger partial charge on any atom is -0.398 e.